The summed E-state index contributed by atoms with van der Waals surface area (Å²) in [5.41, 5.74) is 0.280. The maximum Gasteiger partial charge on any atom is 0.270 e. The molecule has 1 heterocycles. The number of hydrogen-bond acceptors (Lipinski definition) is 4. The summed E-state index contributed by atoms with van der Waals surface area (Å²) in [6.45, 7) is 5.74. The molecule has 20 heavy (non-hydrogen) atoms. The van der Waals surface area contributed by atoms with E-state index in [-0.39, 0.29) is 16.5 Å². The van der Waals surface area contributed by atoms with Crippen molar-refractivity contribution < 1.29 is 17.9 Å². The predicted molar refractivity (Wildman–Crippen MR) is 76.5 cm³/mol. The van der Waals surface area contributed by atoms with Gasteiger partial charge in [0.2, 0.25) is 0 Å². The van der Waals surface area contributed by atoms with Crippen LogP contribution in [0.4, 0.5) is 0 Å². The highest BCUT2D eigenvalue weighted by atomic mass is 35.7. The number of halogens is 1. The molecule has 0 aromatic carbocycles. The van der Waals surface area contributed by atoms with Crippen molar-refractivity contribution in [2.45, 2.75) is 18.7 Å². The summed E-state index contributed by atoms with van der Waals surface area (Å²) in [6, 6.07) is 1.29. The molecular formula is C12H19ClN2O4S. The number of carbonyl (C=O) groups excluding carboxylic acids is 1. The van der Waals surface area contributed by atoms with E-state index in [0.717, 1.165) is 0 Å². The molecule has 6 nitrogen and oxygen atoms in total. The third-order valence-electron chi connectivity index (χ3n) is 2.86. The molecule has 8 heteroatoms. The number of aryl methyl sites for hydroxylation is 1. The molecular weight excluding hydrogens is 304 g/mol. The molecule has 1 aromatic rings. The number of carbonyl (C=O) groups is 1. The van der Waals surface area contributed by atoms with Gasteiger partial charge in [0.15, 0.2) is 0 Å². The van der Waals surface area contributed by atoms with Gasteiger partial charge in [0.1, 0.15) is 10.6 Å². The Hall–Kier alpha value is -1.05. The summed E-state index contributed by atoms with van der Waals surface area (Å²) in [4.78, 5) is 13.9. The minimum Gasteiger partial charge on any atom is -0.380 e. The number of amides is 1. The Bertz CT molecular complexity index is 568. The minimum absolute atomic E-state index is 0.0779. The fourth-order valence-electron chi connectivity index (χ4n) is 1.76. The van der Waals surface area contributed by atoms with E-state index < -0.39 is 9.05 Å². The molecule has 0 unspecified atom stereocenters. The molecule has 114 valence electrons. The van der Waals surface area contributed by atoms with Crippen LogP contribution in [0.25, 0.3) is 0 Å². The second kappa shape index (κ2) is 7.10. The summed E-state index contributed by atoms with van der Waals surface area (Å²) >= 11 is 0. The Morgan fingerprint density at radius 3 is 2.55 bits per heavy atom. The molecule has 0 aliphatic carbocycles. The SMILES string of the molecule is CCOCCN(CC)C(=O)c1cc(S(=O)(=O)Cl)cn1C. The van der Waals surface area contributed by atoms with Gasteiger partial charge >= 0.3 is 0 Å². The fourth-order valence-corrected chi connectivity index (χ4v) is 2.55. The van der Waals surface area contributed by atoms with E-state index in [4.69, 9.17) is 15.4 Å². The number of rotatable bonds is 7. The van der Waals surface area contributed by atoms with Crippen LogP contribution in [0.1, 0.15) is 24.3 Å². The van der Waals surface area contributed by atoms with Crippen LogP contribution in [0.5, 0.6) is 0 Å². The predicted octanol–water partition coefficient (Wildman–Crippen LogP) is 1.45. The maximum absolute atomic E-state index is 12.3. The number of nitrogens with zero attached hydrogens (tertiary/aromatic N) is 2. The lowest BCUT2D eigenvalue weighted by Crippen LogP contribution is -2.34. The number of ether oxygens (including phenoxy) is 1. The molecule has 0 fully saturated rings. The zero-order valence-electron chi connectivity index (χ0n) is 11.8. The number of aromatic nitrogens is 1. The van der Waals surface area contributed by atoms with Crippen molar-refractivity contribution in [3.05, 3.63) is 18.0 Å². The first kappa shape index (κ1) is 17.0. The molecule has 0 aliphatic rings. The average Bonchev–Trinajstić information content (AvgIpc) is 2.76. The molecule has 1 rings (SSSR count). The highest BCUT2D eigenvalue weighted by Gasteiger charge is 2.21. The summed E-state index contributed by atoms with van der Waals surface area (Å²) in [5, 5.41) is 0. The van der Waals surface area contributed by atoms with Gasteiger partial charge in [-0.3, -0.25) is 4.79 Å². The molecule has 0 atom stereocenters. The normalized spacial score (nSPS) is 11.6. The van der Waals surface area contributed by atoms with Gasteiger partial charge in [0.05, 0.1) is 6.61 Å². The van der Waals surface area contributed by atoms with E-state index in [1.807, 2.05) is 13.8 Å². The van der Waals surface area contributed by atoms with E-state index in [2.05, 4.69) is 0 Å². The highest BCUT2D eigenvalue weighted by Crippen LogP contribution is 2.18. The molecule has 0 spiro atoms. The molecule has 0 radical (unpaired) electrons. The molecule has 0 N–H and O–H groups in total. The van der Waals surface area contributed by atoms with E-state index in [1.165, 1.54) is 16.8 Å². The van der Waals surface area contributed by atoms with E-state index in [1.54, 1.807) is 11.9 Å². The molecule has 0 aliphatic heterocycles. The second-order valence-corrected chi connectivity index (χ2v) is 6.76. The summed E-state index contributed by atoms with van der Waals surface area (Å²) in [5.74, 6) is -0.249. The first-order valence-corrected chi connectivity index (χ1v) is 8.60. The number of likely N-dealkylation sites (N-methyl/N-ethyl adjacent to an activating group) is 1. The first-order chi connectivity index (χ1) is 9.31. The van der Waals surface area contributed by atoms with E-state index in [0.29, 0.717) is 26.3 Å². The van der Waals surface area contributed by atoms with E-state index >= 15 is 0 Å². The Morgan fingerprint density at radius 2 is 2.10 bits per heavy atom. The van der Waals surface area contributed by atoms with E-state index in [9.17, 15) is 13.2 Å². The van der Waals surface area contributed by atoms with Crippen molar-refractivity contribution >= 4 is 25.6 Å². The van der Waals surface area contributed by atoms with Gasteiger partial charge < -0.3 is 14.2 Å². The lowest BCUT2D eigenvalue weighted by atomic mass is 10.3. The Morgan fingerprint density at radius 1 is 1.45 bits per heavy atom. The lowest BCUT2D eigenvalue weighted by molar-refractivity contribution is 0.0660. The van der Waals surface area contributed by atoms with Gasteiger partial charge in [-0.2, -0.15) is 0 Å². The molecule has 0 saturated carbocycles. The Labute approximate surface area is 123 Å². The van der Waals surface area contributed by atoms with Crippen molar-refractivity contribution in [2.24, 2.45) is 7.05 Å². The van der Waals surface area contributed by atoms with Crippen molar-refractivity contribution in [3.63, 3.8) is 0 Å². The van der Waals surface area contributed by atoms with Crippen LogP contribution < -0.4 is 0 Å². The van der Waals surface area contributed by atoms with Crippen LogP contribution in [0.15, 0.2) is 17.2 Å². The molecule has 0 saturated heterocycles. The first-order valence-electron chi connectivity index (χ1n) is 6.29. The minimum atomic E-state index is -3.84. The fraction of sp³-hybridized carbons (Fsp3) is 0.583. The smallest absolute Gasteiger partial charge is 0.270 e. The standard InChI is InChI=1S/C12H19ClN2O4S/c1-4-15(6-7-19-5-2)12(16)11-8-10(9-14(11)3)20(13,17)18/h8-9H,4-7H2,1-3H3. The second-order valence-electron chi connectivity index (χ2n) is 4.19. The average molecular weight is 323 g/mol. The van der Waals surface area contributed by atoms with Crippen molar-refractivity contribution in [1.29, 1.82) is 0 Å². The topological polar surface area (TPSA) is 68.6 Å². The van der Waals surface area contributed by atoms with Crippen LogP contribution in [0.3, 0.4) is 0 Å². The van der Waals surface area contributed by atoms with Gasteiger partial charge in [0, 0.05) is 43.6 Å². The van der Waals surface area contributed by atoms with Crippen LogP contribution in [0.2, 0.25) is 0 Å². The Balaban J connectivity index is 2.93. The monoisotopic (exact) mass is 322 g/mol. The van der Waals surface area contributed by atoms with Crippen molar-refractivity contribution in [2.75, 3.05) is 26.3 Å². The zero-order valence-corrected chi connectivity index (χ0v) is 13.4. The van der Waals surface area contributed by atoms with Crippen molar-refractivity contribution in [3.8, 4) is 0 Å². The number of hydrogen-bond donors (Lipinski definition) is 0. The van der Waals surface area contributed by atoms with Crippen molar-refractivity contribution in [1.82, 2.24) is 9.47 Å². The maximum atomic E-state index is 12.3. The third-order valence-corrected chi connectivity index (χ3v) is 4.18. The van der Waals surface area contributed by atoms with Gasteiger partial charge in [-0.25, -0.2) is 8.42 Å². The summed E-state index contributed by atoms with van der Waals surface area (Å²) < 4.78 is 29.2. The van der Waals surface area contributed by atoms with Gasteiger partial charge in [-0.1, -0.05) is 0 Å². The summed E-state index contributed by atoms with van der Waals surface area (Å²) in [7, 11) is 3.05. The molecule has 1 aromatic heterocycles. The van der Waals surface area contributed by atoms with Gasteiger partial charge in [-0.15, -0.1) is 0 Å². The summed E-state index contributed by atoms with van der Waals surface area (Å²) in [6.07, 6.45) is 1.33. The molecule has 1 amide bonds. The van der Waals surface area contributed by atoms with Crippen LogP contribution in [0, 0.1) is 0 Å². The zero-order chi connectivity index (χ0) is 15.3. The van der Waals surface area contributed by atoms with Crippen LogP contribution >= 0.6 is 10.7 Å². The van der Waals surface area contributed by atoms with Gasteiger partial charge in [0.25, 0.3) is 15.0 Å². The van der Waals surface area contributed by atoms with Crippen LogP contribution in [-0.2, 0) is 20.8 Å². The molecule has 0 bridgehead atoms. The van der Waals surface area contributed by atoms with Crippen LogP contribution in [-0.4, -0.2) is 50.1 Å². The lowest BCUT2D eigenvalue weighted by Gasteiger charge is -2.20. The quantitative estimate of drug-likeness (QED) is 0.563. The largest absolute Gasteiger partial charge is 0.380 e. The van der Waals surface area contributed by atoms with Gasteiger partial charge in [-0.05, 0) is 19.9 Å². The third kappa shape index (κ3) is 4.22. The highest BCUT2D eigenvalue weighted by molar-refractivity contribution is 8.13. The Kier molecular flexibility index (Phi) is 6.04.